The van der Waals surface area contributed by atoms with Crippen molar-refractivity contribution in [3.8, 4) is 11.5 Å². The minimum Gasteiger partial charge on any atom is -0.456 e. The van der Waals surface area contributed by atoms with E-state index >= 15 is 0 Å². The second-order valence-corrected chi connectivity index (χ2v) is 5.74. The number of halogens is 2. The van der Waals surface area contributed by atoms with E-state index in [2.05, 4.69) is 10.3 Å². The Labute approximate surface area is 149 Å². The Morgan fingerprint density at radius 3 is 2.62 bits per heavy atom. The summed E-state index contributed by atoms with van der Waals surface area (Å²) in [5.41, 5.74) is 1.03. The first-order valence-electron chi connectivity index (χ1n) is 7.06. The molecule has 1 aromatic heterocycles. The molecule has 1 amide bonds. The highest BCUT2D eigenvalue weighted by molar-refractivity contribution is 6.32. The zero-order valence-corrected chi connectivity index (χ0v) is 13.9. The predicted molar refractivity (Wildman–Crippen MR) is 95.2 cm³/mol. The minimum absolute atomic E-state index is 0.261. The van der Waals surface area contributed by atoms with Crippen LogP contribution in [0, 0.1) is 0 Å². The van der Waals surface area contributed by atoms with Gasteiger partial charge in [-0.05, 0) is 48.5 Å². The van der Waals surface area contributed by atoms with Crippen LogP contribution < -0.4 is 10.1 Å². The minimum atomic E-state index is -0.261. The number of aromatic nitrogens is 1. The van der Waals surface area contributed by atoms with Crippen molar-refractivity contribution >= 4 is 34.8 Å². The Morgan fingerprint density at radius 2 is 1.92 bits per heavy atom. The molecule has 3 rings (SSSR count). The van der Waals surface area contributed by atoms with Gasteiger partial charge in [-0.25, -0.2) is 0 Å². The van der Waals surface area contributed by atoms with Crippen molar-refractivity contribution in [1.82, 2.24) is 4.98 Å². The summed E-state index contributed by atoms with van der Waals surface area (Å²) in [6.07, 6.45) is 3.10. The van der Waals surface area contributed by atoms with E-state index in [1.807, 2.05) is 0 Å². The number of hydrogen-bond acceptors (Lipinski definition) is 3. The maximum absolute atomic E-state index is 12.1. The Morgan fingerprint density at radius 1 is 1.04 bits per heavy atom. The normalized spacial score (nSPS) is 10.2. The molecule has 0 fully saturated rings. The number of carbonyl (C=O) groups is 1. The van der Waals surface area contributed by atoms with Crippen LogP contribution in [0.25, 0.3) is 0 Å². The molecule has 0 saturated carbocycles. The average Bonchev–Trinajstić information content (AvgIpc) is 2.58. The van der Waals surface area contributed by atoms with Crippen molar-refractivity contribution in [3.05, 3.63) is 82.6 Å². The van der Waals surface area contributed by atoms with Crippen LogP contribution >= 0.6 is 23.2 Å². The fraction of sp³-hybridized carbons (Fsp3) is 0. The molecule has 0 saturated heterocycles. The van der Waals surface area contributed by atoms with Crippen molar-refractivity contribution in [2.24, 2.45) is 0 Å². The van der Waals surface area contributed by atoms with E-state index in [-0.39, 0.29) is 5.91 Å². The van der Waals surface area contributed by atoms with E-state index < -0.39 is 0 Å². The first-order chi connectivity index (χ1) is 11.6. The van der Waals surface area contributed by atoms with Crippen LogP contribution in [0.2, 0.25) is 10.0 Å². The largest absolute Gasteiger partial charge is 0.456 e. The van der Waals surface area contributed by atoms with E-state index in [0.29, 0.717) is 32.8 Å². The Balaban J connectivity index is 1.74. The first-order valence-corrected chi connectivity index (χ1v) is 7.82. The lowest BCUT2D eigenvalue weighted by atomic mass is 10.2. The van der Waals surface area contributed by atoms with Gasteiger partial charge in [0, 0.05) is 23.1 Å². The van der Waals surface area contributed by atoms with Crippen molar-refractivity contribution in [1.29, 1.82) is 0 Å². The summed E-state index contributed by atoms with van der Waals surface area (Å²) in [6.45, 7) is 0. The van der Waals surface area contributed by atoms with Gasteiger partial charge in [0.05, 0.1) is 10.6 Å². The molecule has 0 bridgehead atoms. The molecule has 1 heterocycles. The average molecular weight is 359 g/mol. The third kappa shape index (κ3) is 4.04. The van der Waals surface area contributed by atoms with Crippen molar-refractivity contribution in [2.75, 3.05) is 5.32 Å². The van der Waals surface area contributed by atoms with Gasteiger partial charge in [-0.2, -0.15) is 0 Å². The molecule has 0 aliphatic rings. The zero-order chi connectivity index (χ0) is 16.9. The molecular formula is C18H12Cl2N2O2. The van der Waals surface area contributed by atoms with Gasteiger partial charge in [0.15, 0.2) is 0 Å². The van der Waals surface area contributed by atoms with Crippen molar-refractivity contribution in [2.45, 2.75) is 0 Å². The van der Waals surface area contributed by atoms with E-state index in [9.17, 15) is 4.79 Å². The molecule has 0 aliphatic carbocycles. The number of anilines is 1. The van der Waals surface area contributed by atoms with Gasteiger partial charge in [0.25, 0.3) is 5.91 Å². The lowest BCUT2D eigenvalue weighted by Gasteiger charge is -2.10. The van der Waals surface area contributed by atoms with E-state index in [0.717, 1.165) is 0 Å². The number of nitrogens with one attached hydrogen (secondary N) is 1. The molecular weight excluding hydrogens is 347 g/mol. The van der Waals surface area contributed by atoms with Gasteiger partial charge in [-0.3, -0.25) is 9.78 Å². The highest BCUT2D eigenvalue weighted by Crippen LogP contribution is 2.32. The SMILES string of the molecule is O=C(Nc1ccc(Oc2cccc(Cl)c2)c(Cl)c1)c1cccnc1. The topological polar surface area (TPSA) is 51.2 Å². The fourth-order valence-corrected chi connectivity index (χ4v) is 2.42. The summed E-state index contributed by atoms with van der Waals surface area (Å²) in [5, 5.41) is 3.71. The highest BCUT2D eigenvalue weighted by Gasteiger charge is 2.09. The van der Waals surface area contributed by atoms with Crippen LogP contribution in [-0.2, 0) is 0 Å². The van der Waals surface area contributed by atoms with Crippen LogP contribution in [0.1, 0.15) is 10.4 Å². The number of benzene rings is 2. The molecule has 0 atom stereocenters. The highest BCUT2D eigenvalue weighted by atomic mass is 35.5. The van der Waals surface area contributed by atoms with Crippen LogP contribution in [0.4, 0.5) is 5.69 Å². The lowest BCUT2D eigenvalue weighted by molar-refractivity contribution is 0.102. The number of nitrogens with zero attached hydrogens (tertiary/aromatic N) is 1. The Bertz CT molecular complexity index is 870. The molecule has 2 aromatic carbocycles. The monoisotopic (exact) mass is 358 g/mol. The molecule has 6 heteroatoms. The number of pyridine rings is 1. The molecule has 120 valence electrons. The summed E-state index contributed by atoms with van der Waals surface area (Å²) >= 11 is 12.2. The summed E-state index contributed by atoms with van der Waals surface area (Å²) in [6, 6.07) is 15.4. The lowest BCUT2D eigenvalue weighted by Crippen LogP contribution is -2.11. The van der Waals surface area contributed by atoms with Gasteiger partial charge in [-0.1, -0.05) is 29.3 Å². The van der Waals surface area contributed by atoms with Gasteiger partial charge in [-0.15, -0.1) is 0 Å². The molecule has 4 nitrogen and oxygen atoms in total. The maximum atomic E-state index is 12.1. The van der Waals surface area contributed by atoms with E-state index in [1.54, 1.807) is 60.8 Å². The Kier molecular flexibility index (Phi) is 4.99. The standard InChI is InChI=1S/C18H12Cl2N2O2/c19-13-4-1-5-15(9-13)24-17-7-6-14(10-16(17)20)22-18(23)12-3-2-8-21-11-12/h1-11H,(H,22,23). The smallest absolute Gasteiger partial charge is 0.257 e. The van der Waals surface area contributed by atoms with Crippen LogP contribution in [0.3, 0.4) is 0 Å². The van der Waals surface area contributed by atoms with Gasteiger partial charge in [0.2, 0.25) is 0 Å². The van der Waals surface area contributed by atoms with E-state index in [1.165, 1.54) is 6.20 Å². The van der Waals surface area contributed by atoms with Gasteiger partial charge >= 0.3 is 0 Å². The number of amides is 1. The molecule has 0 unspecified atom stereocenters. The number of hydrogen-bond donors (Lipinski definition) is 1. The molecule has 0 radical (unpaired) electrons. The predicted octanol–water partition coefficient (Wildman–Crippen LogP) is 5.43. The molecule has 0 aliphatic heterocycles. The second-order valence-electron chi connectivity index (χ2n) is 4.90. The van der Waals surface area contributed by atoms with E-state index in [4.69, 9.17) is 27.9 Å². The van der Waals surface area contributed by atoms with Crippen molar-refractivity contribution < 1.29 is 9.53 Å². The number of carbonyl (C=O) groups excluding carboxylic acids is 1. The van der Waals surface area contributed by atoms with Crippen LogP contribution in [0.5, 0.6) is 11.5 Å². The molecule has 3 aromatic rings. The molecule has 0 spiro atoms. The number of ether oxygens (including phenoxy) is 1. The van der Waals surface area contributed by atoms with Crippen molar-refractivity contribution in [3.63, 3.8) is 0 Å². The van der Waals surface area contributed by atoms with Crippen LogP contribution in [0.15, 0.2) is 67.0 Å². The van der Waals surface area contributed by atoms with Gasteiger partial charge < -0.3 is 10.1 Å². The second kappa shape index (κ2) is 7.34. The summed E-state index contributed by atoms with van der Waals surface area (Å²) in [7, 11) is 0. The quantitative estimate of drug-likeness (QED) is 0.676. The van der Waals surface area contributed by atoms with Crippen LogP contribution in [-0.4, -0.2) is 10.9 Å². The summed E-state index contributed by atoms with van der Waals surface area (Å²) in [5.74, 6) is 0.789. The molecule has 1 N–H and O–H groups in total. The Hall–Kier alpha value is -2.56. The first kappa shape index (κ1) is 16.3. The summed E-state index contributed by atoms with van der Waals surface area (Å²) in [4.78, 5) is 16.0. The van der Waals surface area contributed by atoms with Gasteiger partial charge in [0.1, 0.15) is 11.5 Å². The third-order valence-electron chi connectivity index (χ3n) is 3.14. The summed E-state index contributed by atoms with van der Waals surface area (Å²) < 4.78 is 5.70. The maximum Gasteiger partial charge on any atom is 0.257 e. The zero-order valence-electron chi connectivity index (χ0n) is 12.4. The fourth-order valence-electron chi connectivity index (χ4n) is 2.02. The third-order valence-corrected chi connectivity index (χ3v) is 3.67. The molecule has 24 heavy (non-hydrogen) atoms. The number of rotatable bonds is 4.